The van der Waals surface area contributed by atoms with Crippen molar-refractivity contribution < 1.29 is 4.39 Å². The molecule has 0 bridgehead atoms. The first-order valence-electron chi connectivity index (χ1n) is 5.21. The summed E-state index contributed by atoms with van der Waals surface area (Å²) in [6.07, 6.45) is 0.849. The Morgan fingerprint density at radius 2 is 2.06 bits per heavy atom. The summed E-state index contributed by atoms with van der Waals surface area (Å²) in [7, 11) is 1.86. The Kier molecular flexibility index (Phi) is 3.68. The second-order valence-electron chi connectivity index (χ2n) is 3.71. The predicted molar refractivity (Wildman–Crippen MR) is 73.4 cm³/mol. The number of benzene rings is 1. The molecule has 90 valence electrons. The van der Waals surface area contributed by atoms with Gasteiger partial charge in [0.1, 0.15) is 11.5 Å². The normalized spacial score (nSPS) is 10.9. The minimum absolute atomic E-state index is 0.277. The zero-order chi connectivity index (χ0) is 12.6. The SMILES string of the molecule is CCc1c(Br)c(-c2ccc(Br)cc2F)nn1C. The molecule has 0 aliphatic carbocycles. The van der Waals surface area contributed by atoms with Gasteiger partial charge in [0.25, 0.3) is 0 Å². The van der Waals surface area contributed by atoms with Crippen molar-refractivity contribution in [1.29, 1.82) is 0 Å². The zero-order valence-electron chi connectivity index (χ0n) is 9.47. The van der Waals surface area contributed by atoms with Gasteiger partial charge in [0.15, 0.2) is 0 Å². The van der Waals surface area contributed by atoms with E-state index in [9.17, 15) is 4.39 Å². The highest BCUT2D eigenvalue weighted by atomic mass is 79.9. The van der Waals surface area contributed by atoms with Gasteiger partial charge in [-0.1, -0.05) is 22.9 Å². The average molecular weight is 362 g/mol. The molecule has 0 fully saturated rings. The molecule has 0 saturated heterocycles. The fourth-order valence-electron chi connectivity index (χ4n) is 1.77. The summed E-state index contributed by atoms with van der Waals surface area (Å²) >= 11 is 6.73. The lowest BCUT2D eigenvalue weighted by molar-refractivity contribution is 0.628. The van der Waals surface area contributed by atoms with E-state index < -0.39 is 0 Å². The summed E-state index contributed by atoms with van der Waals surface area (Å²) in [5, 5.41) is 4.36. The maximum absolute atomic E-state index is 13.9. The van der Waals surface area contributed by atoms with Crippen molar-refractivity contribution in [3.8, 4) is 11.3 Å². The molecular formula is C12H11Br2FN2. The average Bonchev–Trinajstić information content (AvgIpc) is 2.54. The molecule has 2 rings (SSSR count). The third kappa shape index (κ3) is 2.31. The first-order valence-corrected chi connectivity index (χ1v) is 6.80. The number of nitrogens with zero attached hydrogens (tertiary/aromatic N) is 2. The molecule has 1 heterocycles. The second-order valence-corrected chi connectivity index (χ2v) is 5.42. The summed E-state index contributed by atoms with van der Waals surface area (Å²) in [5.74, 6) is -0.277. The summed E-state index contributed by atoms with van der Waals surface area (Å²) in [6, 6.07) is 4.99. The van der Waals surface area contributed by atoms with Crippen molar-refractivity contribution in [1.82, 2.24) is 9.78 Å². The summed E-state index contributed by atoms with van der Waals surface area (Å²) in [5.41, 5.74) is 2.21. The Labute approximate surface area is 116 Å². The van der Waals surface area contributed by atoms with Crippen LogP contribution in [0.1, 0.15) is 12.6 Å². The molecule has 0 saturated carbocycles. The van der Waals surface area contributed by atoms with Crippen LogP contribution in [-0.2, 0) is 13.5 Å². The van der Waals surface area contributed by atoms with Crippen LogP contribution in [0.2, 0.25) is 0 Å². The van der Waals surface area contributed by atoms with Crippen LogP contribution in [0.4, 0.5) is 4.39 Å². The fourth-order valence-corrected chi connectivity index (χ4v) is 2.93. The highest BCUT2D eigenvalue weighted by Gasteiger charge is 2.16. The molecule has 0 atom stereocenters. The molecule has 17 heavy (non-hydrogen) atoms. The zero-order valence-corrected chi connectivity index (χ0v) is 12.6. The van der Waals surface area contributed by atoms with Crippen LogP contribution >= 0.6 is 31.9 Å². The van der Waals surface area contributed by atoms with Gasteiger partial charge in [-0.25, -0.2) is 4.39 Å². The molecule has 0 spiro atoms. The van der Waals surface area contributed by atoms with E-state index in [2.05, 4.69) is 37.0 Å². The molecule has 0 unspecified atom stereocenters. The van der Waals surface area contributed by atoms with Crippen molar-refractivity contribution in [2.45, 2.75) is 13.3 Å². The Morgan fingerprint density at radius 1 is 1.35 bits per heavy atom. The molecule has 0 aliphatic heterocycles. The molecule has 0 radical (unpaired) electrons. The number of aryl methyl sites for hydroxylation is 1. The van der Waals surface area contributed by atoms with Crippen LogP contribution in [-0.4, -0.2) is 9.78 Å². The molecule has 0 aliphatic rings. The highest BCUT2D eigenvalue weighted by molar-refractivity contribution is 9.10. The van der Waals surface area contributed by atoms with Gasteiger partial charge >= 0.3 is 0 Å². The van der Waals surface area contributed by atoms with E-state index in [-0.39, 0.29) is 5.82 Å². The lowest BCUT2D eigenvalue weighted by Crippen LogP contribution is -1.96. The van der Waals surface area contributed by atoms with Crippen molar-refractivity contribution in [2.24, 2.45) is 7.05 Å². The van der Waals surface area contributed by atoms with Gasteiger partial charge < -0.3 is 0 Å². The molecular weight excluding hydrogens is 351 g/mol. The maximum Gasteiger partial charge on any atom is 0.133 e. The number of aromatic nitrogens is 2. The third-order valence-corrected chi connectivity index (χ3v) is 3.95. The number of hydrogen-bond acceptors (Lipinski definition) is 1. The maximum atomic E-state index is 13.9. The Bertz CT molecular complexity index is 564. The van der Waals surface area contributed by atoms with E-state index in [1.54, 1.807) is 10.7 Å². The molecule has 1 aromatic heterocycles. The van der Waals surface area contributed by atoms with Crippen molar-refractivity contribution in [3.05, 3.63) is 38.7 Å². The number of hydrogen-bond donors (Lipinski definition) is 0. The van der Waals surface area contributed by atoms with Crippen molar-refractivity contribution in [3.63, 3.8) is 0 Å². The van der Waals surface area contributed by atoms with Crippen LogP contribution in [0.3, 0.4) is 0 Å². The molecule has 2 nitrogen and oxygen atoms in total. The van der Waals surface area contributed by atoms with Gasteiger partial charge in [0.05, 0.1) is 10.2 Å². The Hall–Kier alpha value is -0.680. The largest absolute Gasteiger partial charge is 0.271 e. The van der Waals surface area contributed by atoms with Gasteiger partial charge in [-0.3, -0.25) is 4.68 Å². The predicted octanol–water partition coefficient (Wildman–Crippen LogP) is 4.31. The first kappa shape index (κ1) is 12.8. The minimum atomic E-state index is -0.277. The molecule has 0 amide bonds. The number of halogens is 3. The van der Waals surface area contributed by atoms with Crippen molar-refractivity contribution in [2.75, 3.05) is 0 Å². The Balaban J connectivity index is 2.61. The standard InChI is InChI=1S/C12H11Br2FN2/c1-3-10-11(14)12(16-17(10)2)8-5-4-7(13)6-9(8)15/h4-6H,3H2,1-2H3. The van der Waals surface area contributed by atoms with Crippen LogP contribution in [0, 0.1) is 5.82 Å². The molecule has 2 aromatic rings. The van der Waals surface area contributed by atoms with Crippen LogP contribution in [0.25, 0.3) is 11.3 Å². The highest BCUT2D eigenvalue weighted by Crippen LogP contribution is 2.32. The quantitative estimate of drug-likeness (QED) is 0.779. The minimum Gasteiger partial charge on any atom is -0.271 e. The molecule has 5 heteroatoms. The Morgan fingerprint density at radius 3 is 2.59 bits per heavy atom. The van der Waals surface area contributed by atoms with Gasteiger partial charge in [0, 0.05) is 17.1 Å². The van der Waals surface area contributed by atoms with E-state index in [1.165, 1.54) is 6.07 Å². The topological polar surface area (TPSA) is 17.8 Å². The van der Waals surface area contributed by atoms with Crippen LogP contribution in [0.5, 0.6) is 0 Å². The van der Waals surface area contributed by atoms with Crippen LogP contribution in [0.15, 0.2) is 27.1 Å². The van der Waals surface area contributed by atoms with E-state index in [0.29, 0.717) is 11.3 Å². The molecule has 1 aromatic carbocycles. The molecule has 0 N–H and O–H groups in total. The summed E-state index contributed by atoms with van der Waals surface area (Å²) in [4.78, 5) is 0. The van der Waals surface area contributed by atoms with E-state index in [4.69, 9.17) is 0 Å². The summed E-state index contributed by atoms with van der Waals surface area (Å²) in [6.45, 7) is 2.05. The second kappa shape index (κ2) is 4.90. The number of rotatable bonds is 2. The van der Waals surface area contributed by atoms with Crippen molar-refractivity contribution >= 4 is 31.9 Å². The van der Waals surface area contributed by atoms with E-state index >= 15 is 0 Å². The fraction of sp³-hybridized carbons (Fsp3) is 0.250. The van der Waals surface area contributed by atoms with Crippen LogP contribution < -0.4 is 0 Å². The van der Waals surface area contributed by atoms with Gasteiger partial charge in [-0.15, -0.1) is 0 Å². The first-order chi connectivity index (χ1) is 8.04. The van der Waals surface area contributed by atoms with E-state index in [0.717, 1.165) is 21.1 Å². The third-order valence-electron chi connectivity index (χ3n) is 2.62. The van der Waals surface area contributed by atoms with Gasteiger partial charge in [0.2, 0.25) is 0 Å². The lowest BCUT2D eigenvalue weighted by atomic mass is 10.1. The van der Waals surface area contributed by atoms with Gasteiger partial charge in [-0.2, -0.15) is 5.10 Å². The van der Waals surface area contributed by atoms with Gasteiger partial charge in [-0.05, 0) is 40.5 Å². The van der Waals surface area contributed by atoms with E-state index in [1.807, 2.05) is 20.0 Å². The smallest absolute Gasteiger partial charge is 0.133 e. The summed E-state index contributed by atoms with van der Waals surface area (Å²) < 4.78 is 17.2. The monoisotopic (exact) mass is 360 g/mol. The lowest BCUT2D eigenvalue weighted by Gasteiger charge is -2.01.